The van der Waals surface area contributed by atoms with Gasteiger partial charge in [-0.15, -0.1) is 0 Å². The van der Waals surface area contributed by atoms with Crippen LogP contribution in [0.4, 0.5) is 5.69 Å². The molecule has 2 heterocycles. The summed E-state index contributed by atoms with van der Waals surface area (Å²) in [6.45, 7) is 3.82. The molecule has 0 bridgehead atoms. The molecule has 0 unspecified atom stereocenters. The molecule has 7 nitrogen and oxygen atoms in total. The van der Waals surface area contributed by atoms with E-state index in [0.29, 0.717) is 12.6 Å². The SMILES string of the molecule is COCC1(C(=O)N2CCC(Nc3cc(OC)cc(OC)c3)CC2)CCNCC1. The van der Waals surface area contributed by atoms with E-state index >= 15 is 0 Å². The average Bonchev–Trinajstić information content (AvgIpc) is 2.74. The van der Waals surface area contributed by atoms with Gasteiger partial charge in [0.25, 0.3) is 0 Å². The van der Waals surface area contributed by atoms with E-state index in [1.165, 1.54) is 0 Å². The Morgan fingerprint density at radius 2 is 1.71 bits per heavy atom. The lowest BCUT2D eigenvalue weighted by molar-refractivity contribution is -0.148. The van der Waals surface area contributed by atoms with Crippen LogP contribution in [0.2, 0.25) is 0 Å². The molecule has 2 saturated heterocycles. The van der Waals surface area contributed by atoms with Crippen molar-refractivity contribution in [1.29, 1.82) is 0 Å². The summed E-state index contributed by atoms with van der Waals surface area (Å²) in [5.41, 5.74) is 0.621. The average molecular weight is 392 g/mol. The fourth-order valence-electron chi connectivity index (χ4n) is 4.29. The second kappa shape index (κ2) is 9.47. The highest BCUT2D eigenvalue weighted by Crippen LogP contribution is 2.33. The quantitative estimate of drug-likeness (QED) is 0.742. The first-order valence-electron chi connectivity index (χ1n) is 10.1. The van der Waals surface area contributed by atoms with E-state index in [2.05, 4.69) is 10.6 Å². The van der Waals surface area contributed by atoms with Crippen LogP contribution in [0.25, 0.3) is 0 Å². The van der Waals surface area contributed by atoms with E-state index in [1.807, 2.05) is 23.1 Å². The largest absolute Gasteiger partial charge is 0.497 e. The molecule has 2 N–H and O–H groups in total. The highest BCUT2D eigenvalue weighted by Gasteiger charge is 2.42. The molecule has 0 aromatic heterocycles. The molecule has 3 rings (SSSR count). The fraction of sp³-hybridized carbons (Fsp3) is 0.667. The molecule has 1 amide bonds. The number of ether oxygens (including phenoxy) is 3. The van der Waals surface area contributed by atoms with Crippen LogP contribution in [-0.4, -0.2) is 71.0 Å². The van der Waals surface area contributed by atoms with Crippen LogP contribution < -0.4 is 20.1 Å². The zero-order chi connectivity index (χ0) is 20.0. The minimum absolute atomic E-state index is 0.261. The number of anilines is 1. The number of piperidine rings is 2. The van der Waals surface area contributed by atoms with Gasteiger partial charge in [0.1, 0.15) is 11.5 Å². The van der Waals surface area contributed by atoms with Crippen molar-refractivity contribution in [3.05, 3.63) is 18.2 Å². The predicted molar refractivity (Wildman–Crippen MR) is 109 cm³/mol. The molecule has 2 aliphatic heterocycles. The van der Waals surface area contributed by atoms with Gasteiger partial charge in [-0.2, -0.15) is 0 Å². The van der Waals surface area contributed by atoms with Crippen LogP contribution in [-0.2, 0) is 9.53 Å². The molecule has 28 heavy (non-hydrogen) atoms. The highest BCUT2D eigenvalue weighted by molar-refractivity contribution is 5.83. The Bertz CT molecular complexity index is 625. The number of carbonyl (C=O) groups excluding carboxylic acids is 1. The Balaban J connectivity index is 1.59. The number of likely N-dealkylation sites (tertiary alicyclic amines) is 1. The Labute approximate surface area is 167 Å². The third-order valence-corrected chi connectivity index (χ3v) is 5.94. The number of amides is 1. The van der Waals surface area contributed by atoms with Gasteiger partial charge in [-0.25, -0.2) is 0 Å². The molecule has 0 aliphatic carbocycles. The highest BCUT2D eigenvalue weighted by atomic mass is 16.5. The predicted octanol–water partition coefficient (Wildman–Crippen LogP) is 2.12. The molecule has 1 aromatic carbocycles. The van der Waals surface area contributed by atoms with Crippen LogP contribution in [0.5, 0.6) is 11.5 Å². The molecule has 2 aliphatic rings. The molecule has 2 fully saturated rings. The first-order chi connectivity index (χ1) is 13.6. The van der Waals surface area contributed by atoms with Gasteiger partial charge in [0.2, 0.25) is 5.91 Å². The minimum Gasteiger partial charge on any atom is -0.497 e. The maximum absolute atomic E-state index is 13.3. The third-order valence-electron chi connectivity index (χ3n) is 5.94. The van der Waals surface area contributed by atoms with E-state index in [1.54, 1.807) is 21.3 Å². The topological polar surface area (TPSA) is 72.1 Å². The van der Waals surface area contributed by atoms with Crippen molar-refractivity contribution in [3.8, 4) is 11.5 Å². The van der Waals surface area contributed by atoms with Crippen LogP contribution in [0.1, 0.15) is 25.7 Å². The second-order valence-corrected chi connectivity index (χ2v) is 7.78. The summed E-state index contributed by atoms with van der Waals surface area (Å²) in [7, 11) is 4.99. The molecule has 0 spiro atoms. The van der Waals surface area contributed by atoms with Gasteiger partial charge in [0.05, 0.1) is 26.2 Å². The maximum Gasteiger partial charge on any atom is 0.231 e. The van der Waals surface area contributed by atoms with Gasteiger partial charge in [0.15, 0.2) is 0 Å². The van der Waals surface area contributed by atoms with Crippen molar-refractivity contribution in [3.63, 3.8) is 0 Å². The van der Waals surface area contributed by atoms with Crippen LogP contribution in [0.15, 0.2) is 18.2 Å². The summed E-state index contributed by atoms with van der Waals surface area (Å²) in [6.07, 6.45) is 3.54. The Morgan fingerprint density at radius 3 is 2.25 bits per heavy atom. The molecule has 0 radical (unpaired) electrons. The number of nitrogens with zero attached hydrogens (tertiary/aromatic N) is 1. The number of hydrogen-bond acceptors (Lipinski definition) is 6. The monoisotopic (exact) mass is 391 g/mol. The lowest BCUT2D eigenvalue weighted by atomic mass is 9.78. The maximum atomic E-state index is 13.3. The number of hydrogen-bond donors (Lipinski definition) is 2. The van der Waals surface area contributed by atoms with Gasteiger partial charge < -0.3 is 29.7 Å². The van der Waals surface area contributed by atoms with Crippen molar-refractivity contribution in [2.24, 2.45) is 5.41 Å². The molecule has 0 saturated carbocycles. The normalized spacial score (nSPS) is 19.9. The summed E-state index contributed by atoms with van der Waals surface area (Å²) in [5.74, 6) is 1.79. The zero-order valence-electron chi connectivity index (χ0n) is 17.3. The number of methoxy groups -OCH3 is 3. The molecule has 7 heteroatoms. The van der Waals surface area contributed by atoms with Crippen LogP contribution in [0, 0.1) is 5.41 Å². The molecular formula is C21H33N3O4. The van der Waals surface area contributed by atoms with Gasteiger partial charge in [-0.3, -0.25) is 4.79 Å². The van der Waals surface area contributed by atoms with Crippen LogP contribution >= 0.6 is 0 Å². The zero-order valence-corrected chi connectivity index (χ0v) is 17.3. The van der Waals surface area contributed by atoms with Gasteiger partial charge in [-0.1, -0.05) is 0 Å². The smallest absolute Gasteiger partial charge is 0.231 e. The standard InChI is InChI=1S/C21H33N3O4/c1-26-15-21(6-8-22-9-7-21)20(25)24-10-4-16(5-11-24)23-17-12-18(27-2)14-19(13-17)28-3/h12-14,16,22-23H,4-11,15H2,1-3H3. The van der Waals surface area contributed by atoms with E-state index in [9.17, 15) is 4.79 Å². The Hall–Kier alpha value is -1.99. The summed E-state index contributed by atoms with van der Waals surface area (Å²) < 4.78 is 16.1. The number of nitrogens with one attached hydrogen (secondary N) is 2. The number of benzene rings is 1. The van der Waals surface area contributed by atoms with E-state index < -0.39 is 0 Å². The van der Waals surface area contributed by atoms with Gasteiger partial charge >= 0.3 is 0 Å². The lowest BCUT2D eigenvalue weighted by Crippen LogP contribution is -2.54. The summed E-state index contributed by atoms with van der Waals surface area (Å²) in [4.78, 5) is 15.3. The van der Waals surface area contributed by atoms with E-state index in [0.717, 1.165) is 69.0 Å². The number of carbonyl (C=O) groups is 1. The lowest BCUT2D eigenvalue weighted by Gasteiger charge is -2.42. The second-order valence-electron chi connectivity index (χ2n) is 7.78. The van der Waals surface area contributed by atoms with Crippen LogP contribution in [0.3, 0.4) is 0 Å². The molecule has 0 atom stereocenters. The van der Waals surface area contributed by atoms with Gasteiger partial charge in [-0.05, 0) is 38.8 Å². The van der Waals surface area contributed by atoms with Crippen molar-refractivity contribution >= 4 is 11.6 Å². The first-order valence-corrected chi connectivity index (χ1v) is 10.1. The van der Waals surface area contributed by atoms with Gasteiger partial charge in [0, 0.05) is 50.1 Å². The summed E-state index contributed by atoms with van der Waals surface area (Å²) in [6, 6.07) is 6.14. The Morgan fingerprint density at radius 1 is 1.11 bits per heavy atom. The van der Waals surface area contributed by atoms with Crippen molar-refractivity contribution in [1.82, 2.24) is 10.2 Å². The number of rotatable bonds is 7. The fourth-order valence-corrected chi connectivity index (χ4v) is 4.29. The first kappa shape index (κ1) is 20.7. The minimum atomic E-state index is -0.361. The third kappa shape index (κ3) is 4.70. The van der Waals surface area contributed by atoms with Crippen molar-refractivity contribution in [2.45, 2.75) is 31.7 Å². The van der Waals surface area contributed by atoms with E-state index in [4.69, 9.17) is 14.2 Å². The summed E-state index contributed by atoms with van der Waals surface area (Å²) in [5, 5.41) is 6.92. The molecular weight excluding hydrogens is 358 g/mol. The van der Waals surface area contributed by atoms with Crippen molar-refractivity contribution < 1.29 is 19.0 Å². The van der Waals surface area contributed by atoms with Crippen molar-refractivity contribution in [2.75, 3.05) is 59.4 Å². The molecule has 1 aromatic rings. The Kier molecular flexibility index (Phi) is 7.02. The van der Waals surface area contributed by atoms with E-state index in [-0.39, 0.29) is 11.3 Å². The summed E-state index contributed by atoms with van der Waals surface area (Å²) >= 11 is 0. The molecule has 156 valence electrons.